The topological polar surface area (TPSA) is 52.9 Å². The number of nitrogens with zero attached hydrogens (tertiary/aromatic N) is 2. The van der Waals surface area contributed by atoms with E-state index in [9.17, 15) is 9.90 Å². The third-order valence-corrected chi connectivity index (χ3v) is 4.05. The molecule has 24 heavy (non-hydrogen) atoms. The van der Waals surface area contributed by atoms with E-state index in [1.54, 1.807) is 24.3 Å². The highest BCUT2D eigenvalue weighted by molar-refractivity contribution is 6.30. The van der Waals surface area contributed by atoms with Crippen molar-refractivity contribution in [1.29, 1.82) is 0 Å². The van der Waals surface area contributed by atoms with Crippen molar-refractivity contribution in [1.82, 2.24) is 4.90 Å². The summed E-state index contributed by atoms with van der Waals surface area (Å²) in [5.41, 5.74) is 1.41. The molecule has 1 heterocycles. The lowest BCUT2D eigenvalue weighted by atomic mass is 9.97. The molecule has 0 radical (unpaired) electrons. The molecule has 0 aromatic heterocycles. The Labute approximate surface area is 141 Å². The molecule has 0 atom stereocenters. The summed E-state index contributed by atoms with van der Waals surface area (Å²) in [6, 6.07) is 18.1. The summed E-state index contributed by atoms with van der Waals surface area (Å²) in [6.45, 7) is 1.47. The average molecular weight is 320 g/mol. The predicted molar refractivity (Wildman–Crippen MR) is 96.3 cm³/mol. The monoisotopic (exact) mass is 320 g/mol. The van der Waals surface area contributed by atoms with Gasteiger partial charge >= 0.3 is 0 Å². The SMILES string of the molecule is CN1CCCN=C1/C(C(=O)c1ccccc1)=C(/O)c1ccccc1. The van der Waals surface area contributed by atoms with Gasteiger partial charge in [0, 0.05) is 31.3 Å². The number of benzene rings is 2. The van der Waals surface area contributed by atoms with E-state index < -0.39 is 0 Å². The van der Waals surface area contributed by atoms with Gasteiger partial charge in [0.2, 0.25) is 5.78 Å². The van der Waals surface area contributed by atoms with Crippen LogP contribution in [0.5, 0.6) is 0 Å². The molecule has 1 N–H and O–H groups in total. The van der Waals surface area contributed by atoms with Crippen molar-refractivity contribution >= 4 is 17.4 Å². The van der Waals surface area contributed by atoms with Crippen LogP contribution in [0.25, 0.3) is 5.76 Å². The average Bonchev–Trinajstić information content (AvgIpc) is 2.64. The Bertz CT molecular complexity index is 780. The van der Waals surface area contributed by atoms with Gasteiger partial charge in [0.1, 0.15) is 17.2 Å². The molecule has 4 nitrogen and oxygen atoms in total. The Balaban J connectivity index is 2.15. The molecule has 2 aromatic rings. The first-order valence-electron chi connectivity index (χ1n) is 8.03. The highest BCUT2D eigenvalue weighted by Crippen LogP contribution is 2.23. The standard InChI is InChI=1S/C20H20N2O2/c1-22-14-8-13-21-20(22)17(18(23)15-9-4-2-5-10-15)19(24)16-11-6-3-7-12-16/h2-7,9-12,23H,8,13-14H2,1H3/b18-17+. The van der Waals surface area contributed by atoms with E-state index in [0.29, 0.717) is 23.5 Å². The van der Waals surface area contributed by atoms with Gasteiger partial charge in [-0.1, -0.05) is 60.7 Å². The van der Waals surface area contributed by atoms with Crippen molar-refractivity contribution in [3.8, 4) is 0 Å². The summed E-state index contributed by atoms with van der Waals surface area (Å²) in [7, 11) is 1.90. The fourth-order valence-corrected chi connectivity index (χ4v) is 2.78. The molecule has 0 saturated carbocycles. The number of aliphatic hydroxyl groups excluding tert-OH is 1. The van der Waals surface area contributed by atoms with E-state index in [2.05, 4.69) is 4.99 Å². The van der Waals surface area contributed by atoms with E-state index >= 15 is 0 Å². The van der Waals surface area contributed by atoms with E-state index in [1.165, 1.54) is 0 Å². The highest BCUT2D eigenvalue weighted by Gasteiger charge is 2.27. The van der Waals surface area contributed by atoms with Crippen LogP contribution in [0.4, 0.5) is 0 Å². The third kappa shape index (κ3) is 3.23. The van der Waals surface area contributed by atoms with Crippen LogP contribution in [0, 0.1) is 0 Å². The molecule has 2 aromatic carbocycles. The number of ketones is 1. The molecule has 0 fully saturated rings. The number of rotatable bonds is 4. The Morgan fingerprint density at radius 3 is 2.17 bits per heavy atom. The van der Waals surface area contributed by atoms with E-state index in [4.69, 9.17) is 0 Å². The quantitative estimate of drug-likeness (QED) is 0.532. The normalized spacial score (nSPS) is 15.5. The van der Waals surface area contributed by atoms with Crippen LogP contribution in [0.2, 0.25) is 0 Å². The van der Waals surface area contributed by atoms with E-state index in [0.717, 1.165) is 13.0 Å². The minimum atomic E-state index is -0.218. The number of aliphatic imine (C=N–C) groups is 1. The maximum absolute atomic E-state index is 13.1. The Kier molecular flexibility index (Phi) is 4.75. The second-order valence-corrected chi connectivity index (χ2v) is 5.77. The summed E-state index contributed by atoms with van der Waals surface area (Å²) in [5, 5.41) is 10.8. The van der Waals surface area contributed by atoms with Crippen molar-refractivity contribution in [2.75, 3.05) is 20.1 Å². The van der Waals surface area contributed by atoms with Crippen molar-refractivity contribution in [3.05, 3.63) is 77.4 Å². The summed E-state index contributed by atoms with van der Waals surface area (Å²) in [6.07, 6.45) is 0.943. The summed E-state index contributed by atoms with van der Waals surface area (Å²) >= 11 is 0. The molecular weight excluding hydrogens is 300 g/mol. The second kappa shape index (κ2) is 7.13. The van der Waals surface area contributed by atoms with Gasteiger partial charge in [-0.05, 0) is 6.42 Å². The minimum absolute atomic E-state index is 0.0306. The number of carbonyl (C=O) groups excluding carboxylic acids is 1. The second-order valence-electron chi connectivity index (χ2n) is 5.77. The number of carbonyl (C=O) groups is 1. The van der Waals surface area contributed by atoms with Gasteiger partial charge in [-0.15, -0.1) is 0 Å². The number of likely N-dealkylation sites (N-methyl/N-ethyl adjacent to an activating group) is 1. The van der Waals surface area contributed by atoms with Crippen LogP contribution in [0.1, 0.15) is 22.3 Å². The van der Waals surface area contributed by atoms with E-state index in [-0.39, 0.29) is 17.1 Å². The molecular formula is C20H20N2O2. The fourth-order valence-electron chi connectivity index (χ4n) is 2.78. The van der Waals surface area contributed by atoms with Crippen LogP contribution >= 0.6 is 0 Å². The molecule has 1 aliphatic rings. The zero-order valence-electron chi connectivity index (χ0n) is 13.6. The van der Waals surface area contributed by atoms with Gasteiger partial charge in [-0.2, -0.15) is 0 Å². The molecule has 4 heteroatoms. The van der Waals surface area contributed by atoms with Crippen molar-refractivity contribution in [3.63, 3.8) is 0 Å². The Morgan fingerprint density at radius 2 is 1.58 bits per heavy atom. The lowest BCUT2D eigenvalue weighted by Gasteiger charge is -2.27. The van der Waals surface area contributed by atoms with Crippen molar-refractivity contribution in [2.24, 2.45) is 4.99 Å². The first-order chi connectivity index (χ1) is 11.7. The summed E-state index contributed by atoms with van der Waals surface area (Å²) in [5.74, 6) is 0.304. The van der Waals surface area contributed by atoms with Crippen LogP contribution in [-0.2, 0) is 0 Å². The van der Waals surface area contributed by atoms with Crippen molar-refractivity contribution < 1.29 is 9.90 Å². The Hall–Kier alpha value is -2.88. The van der Waals surface area contributed by atoms with Crippen LogP contribution in [0.15, 0.2) is 71.2 Å². The van der Waals surface area contributed by atoms with Gasteiger partial charge in [-0.25, -0.2) is 0 Å². The lowest BCUT2D eigenvalue weighted by molar-refractivity contribution is 0.103. The van der Waals surface area contributed by atoms with E-state index in [1.807, 2.05) is 48.3 Å². The Morgan fingerprint density at radius 1 is 1.00 bits per heavy atom. The highest BCUT2D eigenvalue weighted by atomic mass is 16.3. The van der Waals surface area contributed by atoms with Gasteiger partial charge in [0.05, 0.1) is 0 Å². The number of aliphatic hydroxyl groups is 1. The number of hydrogen-bond donors (Lipinski definition) is 1. The smallest absolute Gasteiger partial charge is 0.200 e. The van der Waals surface area contributed by atoms with Crippen molar-refractivity contribution in [2.45, 2.75) is 6.42 Å². The zero-order valence-corrected chi connectivity index (χ0v) is 13.6. The fraction of sp³-hybridized carbons (Fsp3) is 0.200. The summed E-state index contributed by atoms with van der Waals surface area (Å²) in [4.78, 5) is 19.5. The van der Waals surface area contributed by atoms with Crippen LogP contribution < -0.4 is 0 Å². The molecule has 122 valence electrons. The molecule has 0 saturated heterocycles. The van der Waals surface area contributed by atoms with Crippen LogP contribution in [-0.4, -0.2) is 41.8 Å². The third-order valence-electron chi connectivity index (χ3n) is 4.05. The molecule has 1 aliphatic heterocycles. The lowest BCUT2D eigenvalue weighted by Crippen LogP contribution is -2.36. The predicted octanol–water partition coefficient (Wildman–Crippen LogP) is 3.57. The number of hydrogen-bond acceptors (Lipinski definition) is 4. The molecule has 0 aliphatic carbocycles. The van der Waals surface area contributed by atoms with Gasteiger partial charge in [-0.3, -0.25) is 9.79 Å². The first kappa shape index (κ1) is 16.0. The number of Topliss-reactive ketones (excluding diaryl/α,β-unsaturated/α-hetero) is 1. The first-order valence-corrected chi connectivity index (χ1v) is 8.03. The molecule has 0 bridgehead atoms. The molecule has 0 spiro atoms. The molecule has 0 amide bonds. The van der Waals surface area contributed by atoms with Crippen LogP contribution in [0.3, 0.4) is 0 Å². The number of amidine groups is 1. The largest absolute Gasteiger partial charge is 0.506 e. The maximum atomic E-state index is 13.1. The maximum Gasteiger partial charge on any atom is 0.200 e. The molecule has 3 rings (SSSR count). The van der Waals surface area contributed by atoms with Gasteiger partial charge in [0.25, 0.3) is 0 Å². The summed E-state index contributed by atoms with van der Waals surface area (Å²) < 4.78 is 0. The zero-order chi connectivity index (χ0) is 16.9. The minimum Gasteiger partial charge on any atom is -0.506 e. The van der Waals surface area contributed by atoms with Gasteiger partial charge < -0.3 is 10.0 Å². The van der Waals surface area contributed by atoms with Gasteiger partial charge in [0.15, 0.2) is 0 Å². The molecule has 0 unspecified atom stereocenters.